The van der Waals surface area contributed by atoms with E-state index in [9.17, 15) is 18.8 Å². The minimum atomic E-state index is -1.08. The van der Waals surface area contributed by atoms with Gasteiger partial charge in [0.2, 0.25) is 0 Å². The van der Waals surface area contributed by atoms with Gasteiger partial charge >= 0.3 is 11.7 Å². The van der Waals surface area contributed by atoms with Gasteiger partial charge in [-0.3, -0.25) is 14.3 Å². The summed E-state index contributed by atoms with van der Waals surface area (Å²) in [6.45, 7) is 0.0544. The van der Waals surface area contributed by atoms with E-state index in [0.29, 0.717) is 5.56 Å². The molecule has 0 unspecified atom stereocenters. The highest BCUT2D eigenvalue weighted by Crippen LogP contribution is 2.13. The number of carboxylic acids is 1. The molecule has 116 valence electrons. The van der Waals surface area contributed by atoms with Crippen molar-refractivity contribution in [2.75, 3.05) is 0 Å². The molecule has 0 bridgehead atoms. The third kappa shape index (κ3) is 2.76. The molecule has 0 fully saturated rings. The van der Waals surface area contributed by atoms with Gasteiger partial charge in [-0.2, -0.15) is 0 Å². The van der Waals surface area contributed by atoms with Crippen LogP contribution in [0.2, 0.25) is 0 Å². The van der Waals surface area contributed by atoms with E-state index in [0.717, 1.165) is 12.1 Å². The van der Waals surface area contributed by atoms with Gasteiger partial charge in [-0.1, -0.05) is 12.1 Å². The highest BCUT2D eigenvalue weighted by atomic mass is 19.1. The number of nitrogens with zero attached hydrogens (tertiary/aromatic N) is 1. The van der Waals surface area contributed by atoms with E-state index in [-0.39, 0.29) is 23.0 Å². The van der Waals surface area contributed by atoms with Crippen molar-refractivity contribution in [1.82, 2.24) is 9.55 Å². The first kappa shape index (κ1) is 14.7. The van der Waals surface area contributed by atoms with Crippen LogP contribution in [0.1, 0.15) is 15.9 Å². The summed E-state index contributed by atoms with van der Waals surface area (Å²) in [6, 6.07) is 9.67. The highest BCUT2D eigenvalue weighted by molar-refractivity contribution is 5.87. The second-order valence-electron chi connectivity index (χ2n) is 5.01. The average Bonchev–Trinajstić information content (AvgIpc) is 2.52. The number of H-pyrrole nitrogens is 1. The molecule has 23 heavy (non-hydrogen) atoms. The van der Waals surface area contributed by atoms with Crippen LogP contribution in [-0.2, 0) is 6.54 Å². The van der Waals surface area contributed by atoms with Crippen molar-refractivity contribution in [1.29, 1.82) is 0 Å². The summed E-state index contributed by atoms with van der Waals surface area (Å²) in [5.74, 6) is -1.66. The Kier molecular flexibility index (Phi) is 3.53. The first-order valence-electron chi connectivity index (χ1n) is 6.70. The Hall–Kier alpha value is -3.22. The normalized spacial score (nSPS) is 10.8. The van der Waals surface area contributed by atoms with Crippen LogP contribution in [0.4, 0.5) is 4.39 Å². The van der Waals surface area contributed by atoms with Crippen LogP contribution in [0.25, 0.3) is 10.9 Å². The average molecular weight is 314 g/mol. The number of hydrogen-bond donors (Lipinski definition) is 2. The lowest BCUT2D eigenvalue weighted by Crippen LogP contribution is -2.30. The first-order chi connectivity index (χ1) is 11.0. The van der Waals surface area contributed by atoms with Crippen molar-refractivity contribution in [2.45, 2.75) is 6.54 Å². The van der Waals surface area contributed by atoms with E-state index in [4.69, 9.17) is 5.11 Å². The van der Waals surface area contributed by atoms with Crippen LogP contribution in [-0.4, -0.2) is 20.6 Å². The zero-order valence-corrected chi connectivity index (χ0v) is 11.7. The summed E-state index contributed by atoms with van der Waals surface area (Å²) in [6.07, 6.45) is 0. The SMILES string of the molecule is O=C(O)c1cccc(Cn2c(=O)[nH]c(=O)c3cc(F)ccc32)c1. The molecule has 0 aliphatic heterocycles. The molecule has 1 aromatic heterocycles. The smallest absolute Gasteiger partial charge is 0.335 e. The molecule has 2 N–H and O–H groups in total. The zero-order valence-electron chi connectivity index (χ0n) is 11.7. The number of rotatable bonds is 3. The van der Waals surface area contributed by atoms with Gasteiger partial charge < -0.3 is 5.11 Å². The summed E-state index contributed by atoms with van der Waals surface area (Å²) >= 11 is 0. The molecule has 6 nitrogen and oxygen atoms in total. The fourth-order valence-electron chi connectivity index (χ4n) is 2.41. The largest absolute Gasteiger partial charge is 0.478 e. The Morgan fingerprint density at radius 3 is 2.70 bits per heavy atom. The summed E-state index contributed by atoms with van der Waals surface area (Å²) in [7, 11) is 0. The Labute approximate surface area is 128 Å². The van der Waals surface area contributed by atoms with Crippen LogP contribution >= 0.6 is 0 Å². The molecular weight excluding hydrogens is 303 g/mol. The molecule has 0 saturated carbocycles. The van der Waals surface area contributed by atoms with Crippen LogP contribution in [0.5, 0.6) is 0 Å². The highest BCUT2D eigenvalue weighted by Gasteiger charge is 2.10. The molecule has 0 atom stereocenters. The molecule has 7 heteroatoms. The van der Waals surface area contributed by atoms with Gasteiger partial charge in [-0.05, 0) is 35.9 Å². The molecule has 0 aliphatic carbocycles. The van der Waals surface area contributed by atoms with Gasteiger partial charge in [0, 0.05) is 0 Å². The van der Waals surface area contributed by atoms with Crippen molar-refractivity contribution in [3.63, 3.8) is 0 Å². The summed E-state index contributed by atoms with van der Waals surface area (Å²) in [4.78, 5) is 37.0. The molecule has 0 spiro atoms. The number of fused-ring (bicyclic) bond motifs is 1. The van der Waals surface area contributed by atoms with E-state index >= 15 is 0 Å². The molecule has 0 radical (unpaired) electrons. The van der Waals surface area contributed by atoms with Crippen LogP contribution in [0.15, 0.2) is 52.1 Å². The Morgan fingerprint density at radius 1 is 1.17 bits per heavy atom. The fourth-order valence-corrected chi connectivity index (χ4v) is 2.41. The van der Waals surface area contributed by atoms with E-state index in [1.807, 2.05) is 0 Å². The van der Waals surface area contributed by atoms with Crippen molar-refractivity contribution in [3.8, 4) is 0 Å². The van der Waals surface area contributed by atoms with Gasteiger partial charge in [0.1, 0.15) is 5.82 Å². The van der Waals surface area contributed by atoms with Crippen LogP contribution in [0.3, 0.4) is 0 Å². The number of benzene rings is 2. The monoisotopic (exact) mass is 314 g/mol. The summed E-state index contributed by atoms with van der Waals surface area (Å²) < 4.78 is 14.6. The second kappa shape index (κ2) is 5.53. The lowest BCUT2D eigenvalue weighted by atomic mass is 10.1. The topological polar surface area (TPSA) is 92.2 Å². The molecule has 3 rings (SSSR count). The predicted molar refractivity (Wildman–Crippen MR) is 81.3 cm³/mol. The molecule has 0 amide bonds. The quantitative estimate of drug-likeness (QED) is 0.767. The molecule has 3 aromatic rings. The molecule has 0 saturated heterocycles. The Bertz CT molecular complexity index is 1040. The molecule has 1 heterocycles. The maximum Gasteiger partial charge on any atom is 0.335 e. The van der Waals surface area contributed by atoms with Crippen molar-refractivity contribution >= 4 is 16.9 Å². The predicted octanol–water partition coefficient (Wildman–Crippen LogP) is 1.58. The van der Waals surface area contributed by atoms with Gasteiger partial charge in [0.15, 0.2) is 0 Å². The fraction of sp³-hybridized carbons (Fsp3) is 0.0625. The van der Waals surface area contributed by atoms with Gasteiger partial charge in [-0.25, -0.2) is 14.0 Å². The zero-order chi connectivity index (χ0) is 16.6. The lowest BCUT2D eigenvalue weighted by Gasteiger charge is -2.10. The number of carbonyl (C=O) groups is 1. The maximum atomic E-state index is 13.3. The summed E-state index contributed by atoms with van der Waals surface area (Å²) in [5, 5.41) is 9.07. The van der Waals surface area contributed by atoms with Crippen molar-refractivity contribution in [3.05, 3.63) is 80.2 Å². The maximum absolute atomic E-state index is 13.3. The number of halogens is 1. The standard InChI is InChI=1S/C16H11FN2O4/c17-11-4-5-13-12(7-11)14(20)18-16(23)19(13)8-9-2-1-3-10(6-9)15(21)22/h1-7H,8H2,(H,21,22)(H,18,20,23). The van der Waals surface area contributed by atoms with E-state index in [2.05, 4.69) is 4.98 Å². The van der Waals surface area contributed by atoms with Gasteiger partial charge in [0.25, 0.3) is 5.56 Å². The number of nitrogens with one attached hydrogen (secondary N) is 1. The third-order valence-corrected chi connectivity index (χ3v) is 3.47. The van der Waals surface area contributed by atoms with Gasteiger partial charge in [-0.15, -0.1) is 0 Å². The minimum Gasteiger partial charge on any atom is -0.478 e. The molecule has 0 aliphatic rings. The number of hydrogen-bond acceptors (Lipinski definition) is 3. The first-order valence-corrected chi connectivity index (χ1v) is 6.70. The number of aromatic carboxylic acids is 1. The Morgan fingerprint density at radius 2 is 1.96 bits per heavy atom. The van der Waals surface area contributed by atoms with E-state index < -0.39 is 23.0 Å². The number of carboxylic acid groups (broad SMARTS) is 1. The van der Waals surface area contributed by atoms with Crippen molar-refractivity contribution in [2.24, 2.45) is 0 Å². The van der Waals surface area contributed by atoms with E-state index in [1.54, 1.807) is 12.1 Å². The van der Waals surface area contributed by atoms with Crippen LogP contribution in [0, 0.1) is 5.82 Å². The number of aromatic amines is 1. The number of aromatic nitrogens is 2. The lowest BCUT2D eigenvalue weighted by molar-refractivity contribution is 0.0696. The third-order valence-electron chi connectivity index (χ3n) is 3.47. The van der Waals surface area contributed by atoms with Crippen molar-refractivity contribution < 1.29 is 14.3 Å². The van der Waals surface area contributed by atoms with Crippen LogP contribution < -0.4 is 11.2 Å². The second-order valence-corrected chi connectivity index (χ2v) is 5.01. The molecular formula is C16H11FN2O4. The van der Waals surface area contributed by atoms with Gasteiger partial charge in [0.05, 0.1) is 23.0 Å². The minimum absolute atomic E-state index is 0.0544. The Balaban J connectivity index is 2.17. The molecule has 2 aromatic carbocycles. The van der Waals surface area contributed by atoms with E-state index in [1.165, 1.54) is 22.8 Å². The summed E-state index contributed by atoms with van der Waals surface area (Å²) in [5.41, 5.74) is -0.365.